The van der Waals surface area contributed by atoms with Gasteiger partial charge in [-0.25, -0.2) is 9.78 Å². The minimum atomic E-state index is -0.489. The molecule has 0 fully saturated rings. The molecule has 1 amide bonds. The fourth-order valence-electron chi connectivity index (χ4n) is 1.37. The van der Waals surface area contributed by atoms with E-state index >= 15 is 0 Å². The first-order chi connectivity index (χ1) is 8.79. The Kier molecular flexibility index (Phi) is 5.36. The Balaban J connectivity index is 2.49. The van der Waals surface area contributed by atoms with Crippen molar-refractivity contribution in [3.63, 3.8) is 0 Å². The summed E-state index contributed by atoms with van der Waals surface area (Å²) in [5.74, 6) is 0. The van der Waals surface area contributed by atoms with Gasteiger partial charge in [0.1, 0.15) is 10.8 Å². The third-order valence-electron chi connectivity index (χ3n) is 2.21. The SMILES string of the molecule is Cc1ccnc(Cl)c1C=CCNC(=O)OC(C)(C)C. The third-order valence-corrected chi connectivity index (χ3v) is 2.51. The molecular weight excluding hydrogens is 264 g/mol. The van der Waals surface area contributed by atoms with Crippen LogP contribution in [0.25, 0.3) is 6.08 Å². The zero-order chi connectivity index (χ0) is 14.5. The number of nitrogens with zero attached hydrogens (tertiary/aromatic N) is 1. The molecule has 1 aromatic rings. The van der Waals surface area contributed by atoms with Gasteiger partial charge in [0.25, 0.3) is 0 Å². The fraction of sp³-hybridized carbons (Fsp3) is 0.429. The summed E-state index contributed by atoms with van der Waals surface area (Å²) in [5.41, 5.74) is 1.40. The lowest BCUT2D eigenvalue weighted by Gasteiger charge is -2.19. The number of pyridine rings is 1. The van der Waals surface area contributed by atoms with Gasteiger partial charge in [0.15, 0.2) is 0 Å². The summed E-state index contributed by atoms with van der Waals surface area (Å²) in [6, 6.07) is 1.88. The predicted octanol–water partition coefficient (Wildman–Crippen LogP) is 3.58. The van der Waals surface area contributed by atoms with Crippen LogP contribution in [0.5, 0.6) is 0 Å². The van der Waals surface area contributed by atoms with Gasteiger partial charge in [-0.15, -0.1) is 0 Å². The van der Waals surface area contributed by atoms with Crippen molar-refractivity contribution >= 4 is 23.8 Å². The van der Waals surface area contributed by atoms with Crippen LogP contribution >= 0.6 is 11.6 Å². The Bertz CT molecular complexity index is 459. The van der Waals surface area contributed by atoms with Gasteiger partial charge in [-0.1, -0.05) is 23.8 Å². The standard InChI is InChI=1S/C14H19ClN2O2/c1-10-7-9-16-12(15)11(10)6-5-8-17-13(18)19-14(2,3)4/h5-7,9H,8H2,1-4H3,(H,17,18). The zero-order valence-electron chi connectivity index (χ0n) is 11.7. The largest absolute Gasteiger partial charge is 0.444 e. The Morgan fingerprint density at radius 3 is 2.79 bits per heavy atom. The molecule has 0 spiro atoms. The first kappa shape index (κ1) is 15.5. The van der Waals surface area contributed by atoms with E-state index in [1.54, 1.807) is 12.3 Å². The molecule has 104 valence electrons. The van der Waals surface area contributed by atoms with E-state index in [1.165, 1.54) is 0 Å². The molecule has 0 aliphatic carbocycles. The molecule has 1 rings (SSSR count). The topological polar surface area (TPSA) is 51.2 Å². The number of hydrogen-bond acceptors (Lipinski definition) is 3. The minimum Gasteiger partial charge on any atom is -0.444 e. The molecule has 0 unspecified atom stereocenters. The first-order valence-corrected chi connectivity index (χ1v) is 6.42. The van der Waals surface area contributed by atoms with Gasteiger partial charge < -0.3 is 10.1 Å². The van der Waals surface area contributed by atoms with E-state index in [9.17, 15) is 4.79 Å². The second-order valence-electron chi connectivity index (χ2n) is 5.12. The summed E-state index contributed by atoms with van der Waals surface area (Å²) in [6.07, 6.45) is 4.86. The van der Waals surface area contributed by atoms with E-state index in [-0.39, 0.29) is 0 Å². The summed E-state index contributed by atoms with van der Waals surface area (Å²) in [6.45, 7) is 7.79. The number of rotatable bonds is 3. The van der Waals surface area contributed by atoms with Gasteiger partial charge in [0, 0.05) is 18.3 Å². The maximum atomic E-state index is 11.4. The number of aryl methyl sites for hydroxylation is 1. The number of nitrogens with one attached hydrogen (secondary N) is 1. The second-order valence-corrected chi connectivity index (χ2v) is 5.48. The molecule has 1 N–H and O–H groups in total. The summed E-state index contributed by atoms with van der Waals surface area (Å²) in [4.78, 5) is 15.4. The average molecular weight is 283 g/mol. The molecule has 1 heterocycles. The molecule has 4 nitrogen and oxygen atoms in total. The zero-order valence-corrected chi connectivity index (χ0v) is 12.4. The molecule has 19 heavy (non-hydrogen) atoms. The molecule has 5 heteroatoms. The van der Waals surface area contributed by atoms with Gasteiger partial charge in [0.2, 0.25) is 0 Å². The van der Waals surface area contributed by atoms with Crippen LogP contribution in [0.3, 0.4) is 0 Å². The highest BCUT2D eigenvalue weighted by atomic mass is 35.5. The van der Waals surface area contributed by atoms with Crippen molar-refractivity contribution in [2.24, 2.45) is 0 Å². The summed E-state index contributed by atoms with van der Waals surface area (Å²) in [5, 5.41) is 3.09. The summed E-state index contributed by atoms with van der Waals surface area (Å²) in [7, 11) is 0. The fourth-order valence-corrected chi connectivity index (χ4v) is 1.64. The summed E-state index contributed by atoms with van der Waals surface area (Å²) >= 11 is 5.98. The van der Waals surface area contributed by atoms with E-state index < -0.39 is 11.7 Å². The van der Waals surface area contributed by atoms with Gasteiger partial charge in [0.05, 0.1) is 0 Å². The monoisotopic (exact) mass is 282 g/mol. The van der Waals surface area contributed by atoms with Crippen molar-refractivity contribution < 1.29 is 9.53 Å². The minimum absolute atomic E-state index is 0.375. The highest BCUT2D eigenvalue weighted by Crippen LogP contribution is 2.17. The number of ether oxygens (including phenoxy) is 1. The quantitative estimate of drug-likeness (QED) is 0.862. The first-order valence-electron chi connectivity index (χ1n) is 6.04. The average Bonchev–Trinajstić information content (AvgIpc) is 2.25. The Morgan fingerprint density at radius 1 is 1.53 bits per heavy atom. The van der Waals surface area contributed by atoms with Crippen LogP contribution in [0.15, 0.2) is 18.3 Å². The lowest BCUT2D eigenvalue weighted by atomic mass is 10.1. The van der Waals surface area contributed by atoms with Crippen molar-refractivity contribution in [1.29, 1.82) is 0 Å². The van der Waals surface area contributed by atoms with E-state index in [0.29, 0.717) is 11.7 Å². The van der Waals surface area contributed by atoms with Crippen LogP contribution in [0.1, 0.15) is 31.9 Å². The maximum Gasteiger partial charge on any atom is 0.407 e. The smallest absolute Gasteiger partial charge is 0.407 e. The van der Waals surface area contributed by atoms with Crippen molar-refractivity contribution in [2.45, 2.75) is 33.3 Å². The van der Waals surface area contributed by atoms with Crippen LogP contribution in [-0.4, -0.2) is 23.2 Å². The highest BCUT2D eigenvalue weighted by molar-refractivity contribution is 6.30. The Morgan fingerprint density at radius 2 is 2.21 bits per heavy atom. The van der Waals surface area contributed by atoms with Gasteiger partial charge in [-0.05, 0) is 39.3 Å². The number of halogens is 1. The molecule has 1 aromatic heterocycles. The van der Waals surface area contributed by atoms with Gasteiger partial charge in [-0.2, -0.15) is 0 Å². The number of aromatic nitrogens is 1. The Hall–Kier alpha value is -1.55. The van der Waals surface area contributed by atoms with Crippen molar-refractivity contribution in [1.82, 2.24) is 10.3 Å². The van der Waals surface area contributed by atoms with E-state index in [2.05, 4.69) is 10.3 Å². The molecule has 0 aliphatic heterocycles. The van der Waals surface area contributed by atoms with Crippen LogP contribution in [-0.2, 0) is 4.74 Å². The molecule has 0 saturated carbocycles. The van der Waals surface area contributed by atoms with E-state index in [1.807, 2.05) is 39.8 Å². The van der Waals surface area contributed by atoms with Crippen LogP contribution in [0.2, 0.25) is 5.15 Å². The lowest BCUT2D eigenvalue weighted by molar-refractivity contribution is 0.0534. The second kappa shape index (κ2) is 6.57. The molecule has 0 saturated heterocycles. The van der Waals surface area contributed by atoms with Crippen molar-refractivity contribution in [3.8, 4) is 0 Å². The molecule has 0 bridgehead atoms. The molecule has 0 aliphatic rings. The van der Waals surface area contributed by atoms with Gasteiger partial charge >= 0.3 is 6.09 Å². The van der Waals surface area contributed by atoms with Gasteiger partial charge in [-0.3, -0.25) is 0 Å². The van der Waals surface area contributed by atoms with E-state index in [0.717, 1.165) is 11.1 Å². The third kappa shape index (κ3) is 5.75. The van der Waals surface area contributed by atoms with Crippen LogP contribution < -0.4 is 5.32 Å². The van der Waals surface area contributed by atoms with Crippen LogP contribution in [0, 0.1) is 6.92 Å². The summed E-state index contributed by atoms with van der Waals surface area (Å²) < 4.78 is 5.12. The molecular formula is C14H19ClN2O2. The van der Waals surface area contributed by atoms with Crippen LogP contribution in [0.4, 0.5) is 4.79 Å². The molecule has 0 aromatic carbocycles. The number of amides is 1. The molecule has 0 atom stereocenters. The maximum absolute atomic E-state index is 11.4. The number of carbonyl (C=O) groups excluding carboxylic acids is 1. The Labute approximate surface area is 118 Å². The van der Waals surface area contributed by atoms with E-state index in [4.69, 9.17) is 16.3 Å². The molecule has 0 radical (unpaired) electrons. The predicted molar refractivity (Wildman–Crippen MR) is 77.3 cm³/mol. The lowest BCUT2D eigenvalue weighted by Crippen LogP contribution is -2.32. The van der Waals surface area contributed by atoms with Crippen molar-refractivity contribution in [3.05, 3.63) is 34.6 Å². The highest BCUT2D eigenvalue weighted by Gasteiger charge is 2.14. The number of alkyl carbamates (subject to hydrolysis) is 1. The number of carbonyl (C=O) groups is 1. The van der Waals surface area contributed by atoms with Crippen molar-refractivity contribution in [2.75, 3.05) is 6.54 Å². The normalized spacial score (nSPS) is 11.6. The number of hydrogen-bond donors (Lipinski definition) is 1.